The number of ether oxygens (including phenoxy) is 1. The first-order chi connectivity index (χ1) is 16.2. The van der Waals surface area contributed by atoms with E-state index in [1.165, 1.54) is 12.1 Å². The molecule has 1 aliphatic heterocycles. The lowest BCUT2D eigenvalue weighted by Crippen LogP contribution is -2.26. The van der Waals surface area contributed by atoms with E-state index in [1.807, 2.05) is 30.3 Å². The van der Waals surface area contributed by atoms with Crippen LogP contribution in [0.25, 0.3) is 10.9 Å². The highest BCUT2D eigenvalue weighted by atomic mass is 19.1. The van der Waals surface area contributed by atoms with Crippen molar-refractivity contribution < 1.29 is 13.9 Å². The smallest absolute Gasteiger partial charge is 0.272 e. The summed E-state index contributed by atoms with van der Waals surface area (Å²) in [4.78, 5) is 16.2. The molecule has 0 saturated carbocycles. The number of carbonyl (C=O) groups is 1. The van der Waals surface area contributed by atoms with Crippen molar-refractivity contribution in [2.75, 3.05) is 19.8 Å². The van der Waals surface area contributed by atoms with Gasteiger partial charge in [0.25, 0.3) is 5.91 Å². The molecule has 4 aromatic rings. The number of nitrogens with one attached hydrogen (secondary N) is 2. The van der Waals surface area contributed by atoms with Crippen LogP contribution in [0.3, 0.4) is 0 Å². The van der Waals surface area contributed by atoms with Crippen LogP contribution in [0, 0.1) is 5.82 Å². The monoisotopic (exact) mass is 448 g/mol. The van der Waals surface area contributed by atoms with E-state index in [-0.39, 0.29) is 11.7 Å². The van der Waals surface area contributed by atoms with E-state index >= 15 is 0 Å². The van der Waals surface area contributed by atoms with E-state index in [2.05, 4.69) is 25.6 Å². The number of rotatable bonds is 7. The molecule has 9 heteroatoms. The van der Waals surface area contributed by atoms with Gasteiger partial charge in [0.1, 0.15) is 17.5 Å². The van der Waals surface area contributed by atoms with Crippen LogP contribution in [-0.4, -0.2) is 50.6 Å². The lowest BCUT2D eigenvalue weighted by atomic mass is 10.00. The molecule has 1 saturated heterocycles. The number of aromatic amines is 1. The molecule has 0 bridgehead atoms. The number of H-pyrrole nitrogens is 1. The fourth-order valence-electron chi connectivity index (χ4n) is 4.18. The van der Waals surface area contributed by atoms with Gasteiger partial charge in [-0.3, -0.25) is 9.48 Å². The van der Waals surface area contributed by atoms with Crippen molar-refractivity contribution in [1.82, 2.24) is 30.3 Å². The predicted molar refractivity (Wildman–Crippen MR) is 120 cm³/mol. The van der Waals surface area contributed by atoms with Crippen molar-refractivity contribution in [1.29, 1.82) is 0 Å². The summed E-state index contributed by atoms with van der Waals surface area (Å²) >= 11 is 0. The van der Waals surface area contributed by atoms with Gasteiger partial charge in [-0.2, -0.15) is 5.10 Å². The van der Waals surface area contributed by atoms with Gasteiger partial charge in [-0.05, 0) is 36.6 Å². The van der Waals surface area contributed by atoms with Crippen LogP contribution in [0.4, 0.5) is 4.39 Å². The number of hydrogen-bond donors (Lipinski definition) is 2. The summed E-state index contributed by atoms with van der Waals surface area (Å²) in [6, 6.07) is 13.9. The zero-order chi connectivity index (χ0) is 22.6. The van der Waals surface area contributed by atoms with Crippen LogP contribution in [0.5, 0.6) is 0 Å². The molecule has 0 spiro atoms. The topological polar surface area (TPSA) is 97.7 Å². The maximum Gasteiger partial charge on any atom is 0.272 e. The fourth-order valence-corrected chi connectivity index (χ4v) is 4.18. The Morgan fingerprint density at radius 3 is 2.85 bits per heavy atom. The molecule has 2 aromatic heterocycles. The third-order valence-electron chi connectivity index (χ3n) is 5.90. The summed E-state index contributed by atoms with van der Waals surface area (Å²) in [7, 11) is 0. The summed E-state index contributed by atoms with van der Waals surface area (Å²) in [6.45, 7) is 2.28. The van der Waals surface area contributed by atoms with Crippen molar-refractivity contribution in [2.24, 2.45) is 0 Å². The molecule has 1 amide bonds. The van der Waals surface area contributed by atoms with Gasteiger partial charge in [0.15, 0.2) is 5.69 Å². The van der Waals surface area contributed by atoms with Crippen molar-refractivity contribution in [2.45, 2.75) is 31.7 Å². The van der Waals surface area contributed by atoms with Crippen molar-refractivity contribution in [3.63, 3.8) is 0 Å². The second kappa shape index (κ2) is 9.50. The van der Waals surface area contributed by atoms with Crippen molar-refractivity contribution in [3.05, 3.63) is 77.3 Å². The molecular weight excluding hydrogens is 423 g/mol. The minimum Gasteiger partial charge on any atom is -0.381 e. The second-order valence-electron chi connectivity index (χ2n) is 8.20. The Morgan fingerprint density at radius 2 is 2.00 bits per heavy atom. The summed E-state index contributed by atoms with van der Waals surface area (Å²) in [5.74, 6) is 1.44. The molecule has 1 fully saturated rings. The number of nitrogens with zero attached hydrogens (tertiary/aromatic N) is 4. The highest BCUT2D eigenvalue weighted by molar-refractivity contribution is 6.04. The summed E-state index contributed by atoms with van der Waals surface area (Å²) < 4.78 is 20.7. The third-order valence-corrected chi connectivity index (χ3v) is 5.90. The SMILES string of the molecule is O=C(NCCc1nnc(C2CCOCC2)[nH]1)c1nn(Cc2cccc(F)c2)c2ccccc12. The maximum atomic E-state index is 13.6. The van der Waals surface area contributed by atoms with Gasteiger partial charge >= 0.3 is 0 Å². The van der Waals surface area contributed by atoms with E-state index in [0.717, 1.165) is 54.2 Å². The molecule has 3 heterocycles. The van der Waals surface area contributed by atoms with Gasteiger partial charge in [-0.1, -0.05) is 30.3 Å². The molecule has 1 aliphatic rings. The normalized spacial score (nSPS) is 14.6. The van der Waals surface area contributed by atoms with E-state index in [1.54, 1.807) is 10.7 Å². The van der Waals surface area contributed by atoms with Gasteiger partial charge < -0.3 is 15.0 Å². The maximum absolute atomic E-state index is 13.6. The second-order valence-corrected chi connectivity index (χ2v) is 8.20. The number of halogens is 1. The molecule has 0 unspecified atom stereocenters. The van der Waals surface area contributed by atoms with Gasteiger partial charge in [0.05, 0.1) is 12.1 Å². The number of fused-ring (bicyclic) bond motifs is 1. The van der Waals surface area contributed by atoms with Gasteiger partial charge in [-0.15, -0.1) is 10.2 Å². The summed E-state index contributed by atoms with van der Waals surface area (Å²) in [6.07, 6.45) is 2.43. The largest absolute Gasteiger partial charge is 0.381 e. The predicted octanol–water partition coefficient (Wildman–Crippen LogP) is 3.21. The molecule has 0 radical (unpaired) electrons. The minimum atomic E-state index is -0.297. The quantitative estimate of drug-likeness (QED) is 0.453. The first-order valence-electron chi connectivity index (χ1n) is 11.1. The van der Waals surface area contributed by atoms with Crippen LogP contribution in [0.1, 0.15) is 46.5 Å². The fraction of sp³-hybridized carbons (Fsp3) is 0.333. The molecule has 2 N–H and O–H groups in total. The third kappa shape index (κ3) is 4.78. The Morgan fingerprint density at radius 1 is 1.15 bits per heavy atom. The summed E-state index contributed by atoms with van der Waals surface area (Å²) in [5, 5.41) is 16.7. The Hall–Kier alpha value is -3.59. The van der Waals surface area contributed by atoms with E-state index < -0.39 is 0 Å². The van der Waals surface area contributed by atoms with Gasteiger partial charge in [0.2, 0.25) is 0 Å². The van der Waals surface area contributed by atoms with Crippen molar-refractivity contribution >= 4 is 16.8 Å². The Kier molecular flexibility index (Phi) is 6.12. The highest BCUT2D eigenvalue weighted by Crippen LogP contribution is 2.24. The first-order valence-corrected chi connectivity index (χ1v) is 11.1. The lowest BCUT2D eigenvalue weighted by molar-refractivity contribution is 0.0836. The van der Waals surface area contributed by atoms with Gasteiger partial charge in [0, 0.05) is 37.5 Å². The van der Waals surface area contributed by atoms with Crippen molar-refractivity contribution in [3.8, 4) is 0 Å². The molecule has 2 aromatic carbocycles. The van der Waals surface area contributed by atoms with E-state index in [4.69, 9.17) is 4.74 Å². The lowest BCUT2D eigenvalue weighted by Gasteiger charge is -2.19. The molecule has 0 atom stereocenters. The number of benzene rings is 2. The number of hydrogen-bond acceptors (Lipinski definition) is 5. The average Bonchev–Trinajstić information content (AvgIpc) is 3.45. The number of para-hydroxylation sites is 1. The Bertz CT molecular complexity index is 1260. The highest BCUT2D eigenvalue weighted by Gasteiger charge is 2.20. The molecule has 0 aliphatic carbocycles. The van der Waals surface area contributed by atoms with Crippen LogP contribution < -0.4 is 5.32 Å². The van der Waals surface area contributed by atoms with Crippen LogP contribution in [0.15, 0.2) is 48.5 Å². The van der Waals surface area contributed by atoms with E-state index in [9.17, 15) is 9.18 Å². The van der Waals surface area contributed by atoms with Crippen LogP contribution in [0.2, 0.25) is 0 Å². The number of carbonyl (C=O) groups excluding carboxylic acids is 1. The standard InChI is InChI=1S/C24H25FN6O2/c25-18-5-3-4-16(14-18)15-31-20-7-2-1-6-19(20)22(30-31)24(32)26-11-8-21-27-23(29-28-21)17-9-12-33-13-10-17/h1-7,14,17H,8-13,15H2,(H,26,32)(H,27,28,29). The van der Waals surface area contributed by atoms with E-state index in [0.29, 0.717) is 31.1 Å². The van der Waals surface area contributed by atoms with Crippen LogP contribution >= 0.6 is 0 Å². The molecule has 5 rings (SSSR count). The van der Waals surface area contributed by atoms with Gasteiger partial charge in [-0.25, -0.2) is 4.39 Å². The average molecular weight is 449 g/mol. The first kappa shape index (κ1) is 21.3. The molecule has 8 nitrogen and oxygen atoms in total. The van der Waals surface area contributed by atoms with Crippen LogP contribution in [-0.2, 0) is 17.7 Å². The number of aromatic nitrogens is 5. The Balaban J connectivity index is 1.25. The number of amides is 1. The minimum absolute atomic E-state index is 0.256. The molecular formula is C24H25FN6O2. The Labute approximate surface area is 190 Å². The molecule has 170 valence electrons. The zero-order valence-corrected chi connectivity index (χ0v) is 18.1. The summed E-state index contributed by atoms with van der Waals surface area (Å²) in [5.41, 5.74) is 1.95. The zero-order valence-electron chi connectivity index (χ0n) is 18.1. The molecule has 33 heavy (non-hydrogen) atoms.